The van der Waals surface area contributed by atoms with Gasteiger partial charge in [-0.1, -0.05) is 24.3 Å². The van der Waals surface area contributed by atoms with Crippen LogP contribution in [-0.2, 0) is 17.8 Å². The van der Waals surface area contributed by atoms with Crippen LogP contribution in [-0.4, -0.2) is 64.3 Å². The van der Waals surface area contributed by atoms with Crippen LogP contribution in [0.2, 0.25) is 0 Å². The van der Waals surface area contributed by atoms with Crippen molar-refractivity contribution < 1.29 is 15.0 Å². The largest absolute Gasteiger partial charge is 0.393 e. The number of β-amino-alcohol motifs (C(OH)–C–C–N with tert-alkyl or cyclic N) is 1. The highest BCUT2D eigenvalue weighted by Crippen LogP contribution is 2.22. The van der Waals surface area contributed by atoms with E-state index in [4.69, 9.17) is 0 Å². The van der Waals surface area contributed by atoms with E-state index in [-0.39, 0.29) is 19.1 Å². The molecule has 3 rings (SSSR count). The Hall–Kier alpha value is -1.43. The maximum absolute atomic E-state index is 12.5. The third-order valence-corrected chi connectivity index (χ3v) is 4.77. The number of rotatable bonds is 3. The summed E-state index contributed by atoms with van der Waals surface area (Å²) in [6, 6.07) is 8.37. The van der Waals surface area contributed by atoms with Gasteiger partial charge in [0.15, 0.2) is 0 Å². The molecule has 22 heavy (non-hydrogen) atoms. The average Bonchev–Trinajstić information content (AvgIpc) is 2.55. The quantitative estimate of drug-likeness (QED) is 0.848. The first-order valence-electron chi connectivity index (χ1n) is 8.00. The number of aliphatic hydroxyl groups is 2. The molecule has 0 saturated carbocycles. The molecule has 1 aromatic rings. The summed E-state index contributed by atoms with van der Waals surface area (Å²) < 4.78 is 0. The lowest BCUT2D eigenvalue weighted by Crippen LogP contribution is -2.54. The fraction of sp³-hybridized carbons (Fsp3) is 0.588. The van der Waals surface area contributed by atoms with Crippen LogP contribution in [0.4, 0.5) is 0 Å². The highest BCUT2D eigenvalue weighted by Gasteiger charge is 2.35. The van der Waals surface area contributed by atoms with Crippen molar-refractivity contribution in [2.24, 2.45) is 0 Å². The van der Waals surface area contributed by atoms with Gasteiger partial charge in [0.2, 0.25) is 5.91 Å². The van der Waals surface area contributed by atoms with E-state index in [1.165, 1.54) is 11.1 Å². The smallest absolute Gasteiger partial charge is 0.236 e. The van der Waals surface area contributed by atoms with Crippen LogP contribution in [0.1, 0.15) is 24.0 Å². The maximum Gasteiger partial charge on any atom is 0.236 e. The Morgan fingerprint density at radius 1 is 1.23 bits per heavy atom. The summed E-state index contributed by atoms with van der Waals surface area (Å²) in [5.41, 5.74) is 1.55. The summed E-state index contributed by atoms with van der Waals surface area (Å²) in [6.07, 6.45) is 2.28. The van der Waals surface area contributed by atoms with E-state index in [1.807, 2.05) is 6.07 Å². The van der Waals surface area contributed by atoms with E-state index >= 15 is 0 Å². The Labute approximate surface area is 131 Å². The minimum absolute atomic E-state index is 0.0472. The Bertz CT molecular complexity index is 548. The van der Waals surface area contributed by atoms with Gasteiger partial charge in [0.1, 0.15) is 5.60 Å². The Kier molecular flexibility index (Phi) is 4.47. The second kappa shape index (κ2) is 6.36. The third-order valence-electron chi connectivity index (χ3n) is 4.77. The van der Waals surface area contributed by atoms with E-state index in [1.54, 1.807) is 4.90 Å². The van der Waals surface area contributed by atoms with Gasteiger partial charge in [0, 0.05) is 19.6 Å². The fourth-order valence-electron chi connectivity index (χ4n) is 3.43. The second-order valence-electron chi connectivity index (χ2n) is 6.53. The van der Waals surface area contributed by atoms with Gasteiger partial charge >= 0.3 is 0 Å². The predicted molar refractivity (Wildman–Crippen MR) is 83.3 cm³/mol. The number of hydrogen-bond acceptors (Lipinski definition) is 4. The molecule has 5 nitrogen and oxygen atoms in total. The number of likely N-dealkylation sites (tertiary alicyclic amines) is 1. The Morgan fingerprint density at radius 2 is 2.00 bits per heavy atom. The molecule has 0 radical (unpaired) electrons. The Morgan fingerprint density at radius 3 is 2.77 bits per heavy atom. The van der Waals surface area contributed by atoms with Gasteiger partial charge in [0.25, 0.3) is 0 Å². The number of carbonyl (C=O) groups excluding carboxylic acids is 1. The van der Waals surface area contributed by atoms with E-state index in [2.05, 4.69) is 23.1 Å². The van der Waals surface area contributed by atoms with Crippen LogP contribution in [0.15, 0.2) is 24.3 Å². The van der Waals surface area contributed by atoms with Crippen molar-refractivity contribution in [3.63, 3.8) is 0 Å². The van der Waals surface area contributed by atoms with Crippen molar-refractivity contribution in [1.82, 2.24) is 9.80 Å². The van der Waals surface area contributed by atoms with Crippen LogP contribution in [0.5, 0.6) is 0 Å². The lowest BCUT2D eigenvalue weighted by atomic mass is 9.93. The molecular weight excluding hydrogens is 280 g/mol. The molecule has 120 valence electrons. The fourth-order valence-corrected chi connectivity index (χ4v) is 3.43. The molecule has 1 amide bonds. The lowest BCUT2D eigenvalue weighted by Gasteiger charge is -2.39. The summed E-state index contributed by atoms with van der Waals surface area (Å²) >= 11 is 0. The molecule has 1 unspecified atom stereocenters. The highest BCUT2D eigenvalue weighted by molar-refractivity contribution is 5.78. The van der Waals surface area contributed by atoms with Crippen LogP contribution >= 0.6 is 0 Å². The Balaban J connectivity index is 1.59. The molecule has 1 aromatic carbocycles. The monoisotopic (exact) mass is 304 g/mol. The summed E-state index contributed by atoms with van der Waals surface area (Å²) in [5.74, 6) is 0.0472. The average molecular weight is 304 g/mol. The molecule has 0 spiro atoms. The van der Waals surface area contributed by atoms with Crippen molar-refractivity contribution in [1.29, 1.82) is 0 Å². The molecule has 2 heterocycles. The zero-order valence-electron chi connectivity index (χ0n) is 12.9. The number of piperidine rings is 1. The molecule has 1 fully saturated rings. The molecule has 1 saturated heterocycles. The van der Waals surface area contributed by atoms with Crippen molar-refractivity contribution in [2.75, 3.05) is 32.8 Å². The number of carbonyl (C=O) groups is 1. The molecule has 1 atom stereocenters. The first kappa shape index (κ1) is 15.5. The van der Waals surface area contributed by atoms with Crippen LogP contribution in [0.3, 0.4) is 0 Å². The van der Waals surface area contributed by atoms with Gasteiger partial charge in [0.05, 0.1) is 19.7 Å². The minimum atomic E-state index is -1.12. The van der Waals surface area contributed by atoms with Gasteiger partial charge in [-0.3, -0.25) is 9.69 Å². The number of hydrogen-bond donors (Lipinski definition) is 2. The van der Waals surface area contributed by atoms with Gasteiger partial charge < -0.3 is 15.1 Å². The zero-order chi connectivity index (χ0) is 15.6. The van der Waals surface area contributed by atoms with E-state index in [0.29, 0.717) is 19.5 Å². The standard InChI is InChI=1S/C17H24N2O3/c20-13-17(22)7-3-8-19(12-17)16(21)11-18-9-6-14-4-1-2-5-15(14)10-18/h1-2,4-5,20,22H,3,6-13H2. The number of nitrogens with zero attached hydrogens (tertiary/aromatic N) is 2. The number of amides is 1. The van der Waals surface area contributed by atoms with Crippen LogP contribution in [0.25, 0.3) is 0 Å². The molecule has 0 aliphatic carbocycles. The molecular formula is C17H24N2O3. The summed E-state index contributed by atoms with van der Waals surface area (Å²) in [6.45, 7) is 2.71. The van der Waals surface area contributed by atoms with Crippen molar-refractivity contribution in [2.45, 2.75) is 31.4 Å². The summed E-state index contributed by atoms with van der Waals surface area (Å²) in [7, 11) is 0. The van der Waals surface area contributed by atoms with E-state index < -0.39 is 5.60 Å². The molecule has 0 bridgehead atoms. The minimum Gasteiger partial charge on any atom is -0.393 e. The maximum atomic E-state index is 12.5. The highest BCUT2D eigenvalue weighted by atomic mass is 16.3. The van der Waals surface area contributed by atoms with Crippen LogP contribution in [0, 0.1) is 0 Å². The first-order chi connectivity index (χ1) is 10.6. The molecule has 5 heteroatoms. The number of fused-ring (bicyclic) bond motifs is 1. The van der Waals surface area contributed by atoms with Gasteiger partial charge in [-0.05, 0) is 30.4 Å². The van der Waals surface area contributed by atoms with Crippen molar-refractivity contribution in [3.8, 4) is 0 Å². The van der Waals surface area contributed by atoms with Gasteiger partial charge in [-0.2, -0.15) is 0 Å². The second-order valence-corrected chi connectivity index (χ2v) is 6.53. The SMILES string of the molecule is O=C(CN1CCc2ccccc2C1)N1CCCC(O)(CO)C1. The van der Waals surface area contributed by atoms with Gasteiger partial charge in [-0.15, -0.1) is 0 Å². The molecule has 2 aliphatic rings. The van der Waals surface area contributed by atoms with E-state index in [9.17, 15) is 15.0 Å². The topological polar surface area (TPSA) is 64.0 Å². The number of benzene rings is 1. The third kappa shape index (κ3) is 3.32. The first-order valence-corrected chi connectivity index (χ1v) is 8.00. The zero-order valence-corrected chi connectivity index (χ0v) is 12.9. The predicted octanol–water partition coefficient (Wildman–Crippen LogP) is 0.390. The normalized spacial score (nSPS) is 25.8. The number of aliphatic hydroxyl groups excluding tert-OH is 1. The summed E-state index contributed by atoms with van der Waals surface area (Å²) in [4.78, 5) is 16.3. The lowest BCUT2D eigenvalue weighted by molar-refractivity contribution is -0.142. The van der Waals surface area contributed by atoms with Crippen LogP contribution < -0.4 is 0 Å². The molecule has 2 aliphatic heterocycles. The van der Waals surface area contributed by atoms with Gasteiger partial charge in [-0.25, -0.2) is 0 Å². The molecule has 0 aromatic heterocycles. The molecule has 2 N–H and O–H groups in total. The van der Waals surface area contributed by atoms with E-state index in [0.717, 1.165) is 25.9 Å². The van der Waals surface area contributed by atoms with Crippen molar-refractivity contribution in [3.05, 3.63) is 35.4 Å². The van der Waals surface area contributed by atoms with Crippen molar-refractivity contribution >= 4 is 5.91 Å². The summed E-state index contributed by atoms with van der Waals surface area (Å²) in [5, 5.41) is 19.5.